The molecule has 1 fully saturated rings. The van der Waals surface area contributed by atoms with Crippen molar-refractivity contribution in [1.82, 2.24) is 10.3 Å². The first-order valence-corrected chi connectivity index (χ1v) is 8.70. The summed E-state index contributed by atoms with van der Waals surface area (Å²) in [6, 6.07) is 8.26. The van der Waals surface area contributed by atoms with E-state index in [1.807, 2.05) is 31.3 Å². The fourth-order valence-corrected chi connectivity index (χ4v) is 3.52. The lowest BCUT2D eigenvalue weighted by molar-refractivity contribution is 0.146. The van der Waals surface area contributed by atoms with E-state index in [4.69, 9.17) is 4.74 Å². The molecule has 5 nitrogen and oxygen atoms in total. The first-order valence-electron chi connectivity index (χ1n) is 7.90. The molecule has 1 atom stereocenters. The van der Waals surface area contributed by atoms with Crippen LogP contribution in [0.4, 0.5) is 10.5 Å². The summed E-state index contributed by atoms with van der Waals surface area (Å²) in [5, 5.41) is 4.08. The quantitative estimate of drug-likeness (QED) is 0.885. The van der Waals surface area contributed by atoms with E-state index >= 15 is 0 Å². The monoisotopic (exact) mass is 377 g/mol. The van der Waals surface area contributed by atoms with Gasteiger partial charge in [0.25, 0.3) is 0 Å². The second-order valence-electron chi connectivity index (χ2n) is 5.62. The average molecular weight is 378 g/mol. The summed E-state index contributed by atoms with van der Waals surface area (Å²) in [7, 11) is 0. The number of amides is 1. The molecule has 0 radical (unpaired) electrons. The van der Waals surface area contributed by atoms with Gasteiger partial charge in [0.05, 0.1) is 12.1 Å². The zero-order chi connectivity index (χ0) is 16.2. The van der Waals surface area contributed by atoms with Crippen LogP contribution in [0.15, 0.2) is 34.9 Å². The Labute approximate surface area is 144 Å². The molecular formula is C17H20BrN3O2. The first kappa shape index (κ1) is 16.1. The minimum atomic E-state index is -0.332. The van der Waals surface area contributed by atoms with E-state index in [9.17, 15) is 4.79 Å². The molecule has 1 saturated heterocycles. The summed E-state index contributed by atoms with van der Waals surface area (Å²) >= 11 is 3.56. The molecule has 0 aliphatic carbocycles. The van der Waals surface area contributed by atoms with E-state index in [0.717, 1.165) is 47.0 Å². The first-order chi connectivity index (χ1) is 11.2. The number of nitrogens with one attached hydrogen (secondary N) is 1. The van der Waals surface area contributed by atoms with Crippen molar-refractivity contribution >= 4 is 38.6 Å². The Kier molecular flexibility index (Phi) is 5.00. The summed E-state index contributed by atoms with van der Waals surface area (Å²) in [4.78, 5) is 18.4. The van der Waals surface area contributed by atoms with Gasteiger partial charge in [0.2, 0.25) is 0 Å². The zero-order valence-corrected chi connectivity index (χ0v) is 14.7. The number of pyridine rings is 1. The molecule has 0 bridgehead atoms. The number of rotatable bonds is 3. The number of piperidine rings is 1. The van der Waals surface area contributed by atoms with Crippen molar-refractivity contribution in [2.45, 2.75) is 25.8 Å². The second-order valence-corrected chi connectivity index (χ2v) is 6.47. The number of aromatic nitrogens is 1. The Morgan fingerprint density at radius 1 is 1.48 bits per heavy atom. The number of benzene rings is 1. The van der Waals surface area contributed by atoms with Gasteiger partial charge in [-0.25, -0.2) is 4.79 Å². The van der Waals surface area contributed by atoms with E-state index < -0.39 is 0 Å². The zero-order valence-electron chi connectivity index (χ0n) is 13.1. The van der Waals surface area contributed by atoms with Crippen molar-refractivity contribution in [3.63, 3.8) is 0 Å². The lowest BCUT2D eigenvalue weighted by atomic mass is 10.0. The molecule has 1 aliphatic rings. The Morgan fingerprint density at radius 2 is 2.35 bits per heavy atom. The molecule has 1 amide bonds. The molecule has 1 aromatic carbocycles. The smallest absolute Gasteiger partial charge is 0.407 e. The lowest BCUT2D eigenvalue weighted by Crippen LogP contribution is -2.48. The number of hydrogen-bond acceptors (Lipinski definition) is 4. The van der Waals surface area contributed by atoms with Crippen molar-refractivity contribution in [2.75, 3.05) is 24.6 Å². The molecule has 1 N–H and O–H groups in total. The minimum absolute atomic E-state index is 0.109. The van der Waals surface area contributed by atoms with Gasteiger partial charge in [0.1, 0.15) is 0 Å². The normalized spacial score (nSPS) is 18.0. The highest BCUT2D eigenvalue weighted by molar-refractivity contribution is 9.10. The number of hydrogen-bond donors (Lipinski definition) is 1. The number of alkyl carbamates (subject to hydrolysis) is 1. The SMILES string of the molecule is CCOC(=O)NC1CCCN(c2ccnc3c(Br)cccc23)C1. The Bertz CT molecular complexity index is 707. The summed E-state index contributed by atoms with van der Waals surface area (Å²) in [5.41, 5.74) is 2.12. The fraction of sp³-hybridized carbons (Fsp3) is 0.412. The van der Waals surface area contributed by atoms with Crippen molar-refractivity contribution in [3.05, 3.63) is 34.9 Å². The summed E-state index contributed by atoms with van der Waals surface area (Å²) in [6.07, 6.45) is 3.52. The number of halogens is 1. The van der Waals surface area contributed by atoms with Crippen LogP contribution in [0.25, 0.3) is 10.9 Å². The third-order valence-electron chi connectivity index (χ3n) is 4.06. The molecule has 6 heteroatoms. The Morgan fingerprint density at radius 3 is 3.17 bits per heavy atom. The molecular weight excluding hydrogens is 358 g/mol. The van der Waals surface area contributed by atoms with E-state index in [-0.39, 0.29) is 12.1 Å². The van der Waals surface area contributed by atoms with Crippen LogP contribution in [0.2, 0.25) is 0 Å². The van der Waals surface area contributed by atoms with Crippen LogP contribution in [0.5, 0.6) is 0 Å². The number of nitrogens with zero attached hydrogens (tertiary/aromatic N) is 2. The molecule has 122 valence electrons. The van der Waals surface area contributed by atoms with Crippen LogP contribution >= 0.6 is 15.9 Å². The number of carbonyl (C=O) groups excluding carboxylic acids is 1. The van der Waals surface area contributed by atoms with Gasteiger partial charge < -0.3 is 15.0 Å². The van der Waals surface area contributed by atoms with E-state index in [1.165, 1.54) is 0 Å². The van der Waals surface area contributed by atoms with Crippen LogP contribution in [-0.4, -0.2) is 36.8 Å². The number of ether oxygens (including phenoxy) is 1. The molecule has 1 aromatic heterocycles. The number of anilines is 1. The highest BCUT2D eigenvalue weighted by Crippen LogP contribution is 2.31. The van der Waals surface area contributed by atoms with E-state index in [1.54, 1.807) is 0 Å². The van der Waals surface area contributed by atoms with Gasteiger partial charge in [0, 0.05) is 40.9 Å². The maximum Gasteiger partial charge on any atom is 0.407 e. The number of para-hydroxylation sites is 1. The summed E-state index contributed by atoms with van der Waals surface area (Å²) in [6.45, 7) is 3.97. The molecule has 0 saturated carbocycles. The van der Waals surface area contributed by atoms with Crippen molar-refractivity contribution in [1.29, 1.82) is 0 Å². The summed E-state index contributed by atoms with van der Waals surface area (Å²) in [5.74, 6) is 0. The largest absolute Gasteiger partial charge is 0.450 e. The summed E-state index contributed by atoms with van der Waals surface area (Å²) < 4.78 is 5.98. The highest BCUT2D eigenvalue weighted by atomic mass is 79.9. The van der Waals surface area contributed by atoms with Crippen molar-refractivity contribution in [3.8, 4) is 0 Å². The van der Waals surface area contributed by atoms with E-state index in [2.05, 4.69) is 37.2 Å². The maximum atomic E-state index is 11.6. The second kappa shape index (κ2) is 7.17. The van der Waals surface area contributed by atoms with Crippen LogP contribution in [0.3, 0.4) is 0 Å². The van der Waals surface area contributed by atoms with Crippen LogP contribution in [0.1, 0.15) is 19.8 Å². The van der Waals surface area contributed by atoms with Gasteiger partial charge in [-0.3, -0.25) is 4.98 Å². The molecule has 2 heterocycles. The van der Waals surface area contributed by atoms with Crippen molar-refractivity contribution < 1.29 is 9.53 Å². The van der Waals surface area contributed by atoms with Crippen molar-refractivity contribution in [2.24, 2.45) is 0 Å². The molecule has 2 aromatic rings. The van der Waals surface area contributed by atoms with Gasteiger partial charge in [0.15, 0.2) is 0 Å². The number of carbonyl (C=O) groups is 1. The minimum Gasteiger partial charge on any atom is -0.450 e. The van der Waals surface area contributed by atoms with E-state index in [0.29, 0.717) is 6.61 Å². The fourth-order valence-electron chi connectivity index (χ4n) is 3.05. The van der Waals surface area contributed by atoms with Gasteiger partial charge in [-0.2, -0.15) is 0 Å². The topological polar surface area (TPSA) is 54.5 Å². The van der Waals surface area contributed by atoms with Crippen LogP contribution in [-0.2, 0) is 4.74 Å². The van der Waals surface area contributed by atoms with Crippen LogP contribution < -0.4 is 10.2 Å². The lowest BCUT2D eigenvalue weighted by Gasteiger charge is -2.35. The molecule has 1 aliphatic heterocycles. The molecule has 23 heavy (non-hydrogen) atoms. The Balaban J connectivity index is 1.82. The van der Waals surface area contributed by atoms with Gasteiger partial charge in [-0.05, 0) is 47.8 Å². The molecule has 0 spiro atoms. The highest BCUT2D eigenvalue weighted by Gasteiger charge is 2.23. The van der Waals surface area contributed by atoms with Gasteiger partial charge in [-0.1, -0.05) is 12.1 Å². The predicted octanol–water partition coefficient (Wildman–Crippen LogP) is 3.71. The van der Waals surface area contributed by atoms with Crippen LogP contribution in [0, 0.1) is 0 Å². The number of fused-ring (bicyclic) bond motifs is 1. The standard InChI is InChI=1S/C17H20BrN3O2/c1-2-23-17(22)20-12-5-4-10-21(11-12)15-8-9-19-16-13(15)6-3-7-14(16)18/h3,6-9,12H,2,4-5,10-11H2,1H3,(H,20,22). The maximum absolute atomic E-state index is 11.6. The Hall–Kier alpha value is -1.82. The average Bonchev–Trinajstić information content (AvgIpc) is 2.55. The van der Waals surface area contributed by atoms with Gasteiger partial charge in [-0.15, -0.1) is 0 Å². The third kappa shape index (κ3) is 3.58. The molecule has 1 unspecified atom stereocenters. The third-order valence-corrected chi connectivity index (χ3v) is 4.70. The predicted molar refractivity (Wildman–Crippen MR) is 94.8 cm³/mol. The van der Waals surface area contributed by atoms with Gasteiger partial charge >= 0.3 is 6.09 Å². The molecule has 3 rings (SSSR count).